The summed E-state index contributed by atoms with van der Waals surface area (Å²) in [6.45, 7) is 9.18. The van der Waals surface area contributed by atoms with Gasteiger partial charge in [-0.3, -0.25) is 0 Å². The van der Waals surface area contributed by atoms with E-state index in [1.165, 1.54) is 37.4 Å². The van der Waals surface area contributed by atoms with E-state index in [4.69, 9.17) is 10.7 Å². The number of imidazole rings is 1. The fourth-order valence-electron chi connectivity index (χ4n) is 3.42. The number of aromatic nitrogens is 2. The van der Waals surface area contributed by atoms with Gasteiger partial charge in [-0.25, -0.2) is 4.98 Å². The smallest absolute Gasteiger partial charge is 0.109 e. The number of aryl methyl sites for hydroxylation is 1. The molecule has 0 bridgehead atoms. The molecule has 2 aromatic rings. The maximum Gasteiger partial charge on any atom is 0.109 e. The Hall–Kier alpha value is -1.55. The van der Waals surface area contributed by atoms with E-state index in [1.807, 2.05) is 12.1 Å². The van der Waals surface area contributed by atoms with Gasteiger partial charge >= 0.3 is 0 Å². The fourth-order valence-corrected chi connectivity index (χ4v) is 3.42. The van der Waals surface area contributed by atoms with Crippen molar-refractivity contribution in [3.63, 3.8) is 0 Å². The number of hydrogen-bond donors (Lipinski definition) is 1. The highest BCUT2D eigenvalue weighted by molar-refractivity contribution is 5.79. The molecule has 3 rings (SSSR count). The van der Waals surface area contributed by atoms with Gasteiger partial charge in [0.25, 0.3) is 0 Å². The molecule has 1 aliphatic rings. The zero-order valence-electron chi connectivity index (χ0n) is 13.2. The number of likely N-dealkylation sites (tertiary alicyclic amines) is 1. The Labute approximate surface area is 126 Å². The average Bonchev–Trinajstić information content (AvgIpc) is 3.05. The Balaban J connectivity index is 1.90. The van der Waals surface area contributed by atoms with Crippen molar-refractivity contribution in [2.45, 2.75) is 39.7 Å². The molecule has 1 saturated heterocycles. The zero-order valence-corrected chi connectivity index (χ0v) is 13.2. The Kier molecular flexibility index (Phi) is 4.15. The number of nitrogens with two attached hydrogens (primary N) is 1. The summed E-state index contributed by atoms with van der Waals surface area (Å²) in [4.78, 5) is 7.36. The van der Waals surface area contributed by atoms with E-state index in [0.29, 0.717) is 0 Å². The summed E-state index contributed by atoms with van der Waals surface area (Å²) in [5.74, 6) is 1.96. The second-order valence-corrected chi connectivity index (χ2v) is 6.18. The number of benzene rings is 1. The predicted molar refractivity (Wildman–Crippen MR) is 88.4 cm³/mol. The molecule has 0 saturated carbocycles. The summed E-state index contributed by atoms with van der Waals surface area (Å²) in [5.41, 5.74) is 8.98. The molecule has 4 heteroatoms. The molecule has 0 radical (unpaired) electrons. The Bertz CT molecular complexity index is 617. The molecular formula is C17H26N4. The van der Waals surface area contributed by atoms with Crippen molar-refractivity contribution in [1.82, 2.24) is 14.5 Å². The first kappa shape index (κ1) is 14.4. The third-order valence-electron chi connectivity index (χ3n) is 4.58. The van der Waals surface area contributed by atoms with Crippen LogP contribution in [0.3, 0.4) is 0 Å². The first-order valence-electron chi connectivity index (χ1n) is 8.18. The normalized spacial score (nSPS) is 19.6. The monoisotopic (exact) mass is 286 g/mol. The van der Waals surface area contributed by atoms with Gasteiger partial charge in [-0.15, -0.1) is 0 Å². The number of hydrogen-bond acceptors (Lipinski definition) is 3. The summed E-state index contributed by atoms with van der Waals surface area (Å²) in [6, 6.07) is 6.12. The van der Waals surface area contributed by atoms with Crippen LogP contribution in [0.25, 0.3) is 11.0 Å². The van der Waals surface area contributed by atoms with Crippen molar-refractivity contribution in [1.29, 1.82) is 0 Å². The Morgan fingerprint density at radius 2 is 2.19 bits per heavy atom. The number of nitrogens with zero attached hydrogens (tertiary/aromatic N) is 3. The fraction of sp³-hybridized carbons (Fsp3) is 0.588. The Morgan fingerprint density at radius 3 is 2.90 bits per heavy atom. The van der Waals surface area contributed by atoms with Crippen LogP contribution < -0.4 is 5.73 Å². The van der Waals surface area contributed by atoms with Gasteiger partial charge in [-0.2, -0.15) is 0 Å². The van der Waals surface area contributed by atoms with Crippen LogP contribution in [0.4, 0.5) is 5.69 Å². The summed E-state index contributed by atoms with van der Waals surface area (Å²) in [7, 11) is 0. The van der Waals surface area contributed by atoms with Gasteiger partial charge in [0.05, 0.1) is 11.0 Å². The van der Waals surface area contributed by atoms with E-state index < -0.39 is 0 Å². The van der Waals surface area contributed by atoms with Gasteiger partial charge in [-0.1, -0.05) is 13.8 Å². The number of fused-ring (bicyclic) bond motifs is 1. The molecule has 4 nitrogen and oxygen atoms in total. The van der Waals surface area contributed by atoms with Crippen molar-refractivity contribution < 1.29 is 0 Å². The summed E-state index contributed by atoms with van der Waals surface area (Å²) >= 11 is 0. The van der Waals surface area contributed by atoms with Crippen LogP contribution in [0.2, 0.25) is 0 Å². The standard InChI is InChI=1S/C17H26N4/c1-3-5-17-19-15-10-14(18)6-7-16(15)21(17)12-13-8-9-20(4-2)11-13/h6-7,10,13H,3-5,8-9,11-12,18H2,1-2H3. The van der Waals surface area contributed by atoms with E-state index in [9.17, 15) is 0 Å². The van der Waals surface area contributed by atoms with E-state index >= 15 is 0 Å². The molecule has 0 amide bonds. The maximum atomic E-state index is 5.90. The minimum absolute atomic E-state index is 0.746. The van der Waals surface area contributed by atoms with Gasteiger partial charge < -0.3 is 15.2 Å². The van der Waals surface area contributed by atoms with Crippen molar-refractivity contribution in [3.05, 3.63) is 24.0 Å². The van der Waals surface area contributed by atoms with Crippen LogP contribution in [0.15, 0.2) is 18.2 Å². The topological polar surface area (TPSA) is 47.1 Å². The second kappa shape index (κ2) is 6.06. The zero-order chi connectivity index (χ0) is 14.8. The SMILES string of the molecule is CCCc1nc2cc(N)ccc2n1CC1CCN(CC)C1. The number of rotatable bonds is 5. The quantitative estimate of drug-likeness (QED) is 0.860. The molecule has 1 aromatic heterocycles. The first-order valence-corrected chi connectivity index (χ1v) is 8.18. The summed E-state index contributed by atoms with van der Waals surface area (Å²) in [5, 5.41) is 0. The van der Waals surface area contributed by atoms with E-state index in [1.54, 1.807) is 0 Å². The molecule has 1 fully saturated rings. The lowest BCUT2D eigenvalue weighted by molar-refractivity contribution is 0.332. The first-order chi connectivity index (χ1) is 10.2. The van der Waals surface area contributed by atoms with Crippen molar-refractivity contribution in [2.75, 3.05) is 25.4 Å². The largest absolute Gasteiger partial charge is 0.399 e. The van der Waals surface area contributed by atoms with Crippen LogP contribution in [0.5, 0.6) is 0 Å². The van der Waals surface area contributed by atoms with Crippen molar-refractivity contribution in [2.24, 2.45) is 5.92 Å². The lowest BCUT2D eigenvalue weighted by Gasteiger charge is -2.16. The molecule has 21 heavy (non-hydrogen) atoms. The molecule has 2 heterocycles. The Morgan fingerprint density at radius 1 is 1.33 bits per heavy atom. The summed E-state index contributed by atoms with van der Waals surface area (Å²) < 4.78 is 2.43. The molecule has 2 N–H and O–H groups in total. The van der Waals surface area contributed by atoms with Crippen LogP contribution in [0.1, 0.15) is 32.5 Å². The van der Waals surface area contributed by atoms with Crippen LogP contribution in [0, 0.1) is 5.92 Å². The lowest BCUT2D eigenvalue weighted by atomic mass is 10.1. The maximum absolute atomic E-state index is 5.90. The lowest BCUT2D eigenvalue weighted by Crippen LogP contribution is -2.21. The number of nitrogen functional groups attached to an aromatic ring is 1. The molecule has 114 valence electrons. The van der Waals surface area contributed by atoms with Crippen molar-refractivity contribution in [3.8, 4) is 0 Å². The highest BCUT2D eigenvalue weighted by Crippen LogP contribution is 2.24. The van der Waals surface area contributed by atoms with E-state index in [-0.39, 0.29) is 0 Å². The van der Waals surface area contributed by atoms with Crippen LogP contribution in [-0.4, -0.2) is 34.1 Å². The van der Waals surface area contributed by atoms with Gasteiger partial charge in [0, 0.05) is 25.2 Å². The van der Waals surface area contributed by atoms with Gasteiger partial charge in [0.2, 0.25) is 0 Å². The van der Waals surface area contributed by atoms with Gasteiger partial charge in [0.15, 0.2) is 0 Å². The van der Waals surface area contributed by atoms with Gasteiger partial charge in [-0.05, 0) is 50.0 Å². The van der Waals surface area contributed by atoms with Gasteiger partial charge in [0.1, 0.15) is 5.82 Å². The molecule has 1 aromatic carbocycles. The molecule has 1 unspecified atom stereocenters. The highest BCUT2D eigenvalue weighted by Gasteiger charge is 2.23. The molecule has 1 aliphatic heterocycles. The highest BCUT2D eigenvalue weighted by atomic mass is 15.2. The molecule has 1 atom stereocenters. The van der Waals surface area contributed by atoms with E-state index in [2.05, 4.69) is 29.4 Å². The minimum Gasteiger partial charge on any atom is -0.399 e. The molecular weight excluding hydrogens is 260 g/mol. The van der Waals surface area contributed by atoms with Crippen LogP contribution >= 0.6 is 0 Å². The molecule has 0 spiro atoms. The summed E-state index contributed by atoms with van der Waals surface area (Å²) in [6.07, 6.45) is 3.47. The third kappa shape index (κ3) is 2.91. The van der Waals surface area contributed by atoms with Crippen LogP contribution in [-0.2, 0) is 13.0 Å². The van der Waals surface area contributed by atoms with E-state index in [0.717, 1.165) is 36.5 Å². The third-order valence-corrected chi connectivity index (χ3v) is 4.58. The predicted octanol–water partition coefficient (Wildman–Crippen LogP) is 2.91. The minimum atomic E-state index is 0.746. The van der Waals surface area contributed by atoms with Crippen molar-refractivity contribution >= 4 is 16.7 Å². The average molecular weight is 286 g/mol. The number of anilines is 1. The molecule has 0 aliphatic carbocycles. The second-order valence-electron chi connectivity index (χ2n) is 6.18.